The van der Waals surface area contributed by atoms with Crippen molar-refractivity contribution in [2.45, 2.75) is 17.7 Å². The van der Waals surface area contributed by atoms with E-state index < -0.39 is 0 Å². The molecular weight excluding hydrogens is 251 g/mol. The van der Waals surface area contributed by atoms with E-state index in [0.29, 0.717) is 6.42 Å². The number of carbonyl (C=O) groups is 1. The van der Waals surface area contributed by atoms with Gasteiger partial charge >= 0.3 is 0 Å². The average molecular weight is 262 g/mol. The van der Waals surface area contributed by atoms with Crippen molar-refractivity contribution in [1.82, 2.24) is 0 Å². The van der Waals surface area contributed by atoms with Gasteiger partial charge in [-0.15, -0.1) is 0 Å². The molecule has 0 aliphatic carbocycles. The fraction of sp³-hybridized carbons (Fsp3) is 0.300. The summed E-state index contributed by atoms with van der Waals surface area (Å²) in [4.78, 5) is 10.4. The van der Waals surface area contributed by atoms with E-state index >= 15 is 0 Å². The molecule has 3 heteroatoms. The van der Waals surface area contributed by atoms with Crippen molar-refractivity contribution in [2.24, 2.45) is 0 Å². The van der Waals surface area contributed by atoms with Gasteiger partial charge in [-0.2, -0.15) is 0 Å². The van der Waals surface area contributed by atoms with Crippen molar-refractivity contribution < 1.29 is 4.79 Å². The number of alkyl halides is 1. The highest BCUT2D eigenvalue weighted by Crippen LogP contribution is 2.15. The molecule has 0 saturated carbocycles. The molecule has 0 saturated heterocycles. The highest BCUT2D eigenvalue weighted by Gasteiger charge is 2.03. The summed E-state index contributed by atoms with van der Waals surface area (Å²) in [5, 5.41) is 0.741. The first kappa shape index (κ1) is 10.7. The molecule has 1 aromatic carbocycles. The predicted octanol–water partition coefficient (Wildman–Crippen LogP) is 3.24. The summed E-state index contributed by atoms with van der Waals surface area (Å²) in [7, 11) is 0. The fourth-order valence-corrected chi connectivity index (χ4v) is 1.72. The van der Waals surface area contributed by atoms with Crippen LogP contribution in [0.25, 0.3) is 0 Å². The van der Waals surface area contributed by atoms with Crippen LogP contribution in [0.15, 0.2) is 24.3 Å². The van der Waals surface area contributed by atoms with Gasteiger partial charge in [0.05, 0.1) is 0 Å². The van der Waals surface area contributed by atoms with Gasteiger partial charge in [-0.05, 0) is 24.1 Å². The standard InChI is InChI=1S/C10H10BrClO/c11-9(5-6-13)7-8-1-3-10(12)4-2-8/h1-4,6,9H,5,7H2. The van der Waals surface area contributed by atoms with Gasteiger partial charge in [-0.1, -0.05) is 39.7 Å². The lowest BCUT2D eigenvalue weighted by Crippen LogP contribution is -2.02. The van der Waals surface area contributed by atoms with Gasteiger partial charge in [0.2, 0.25) is 0 Å². The van der Waals surface area contributed by atoms with E-state index in [-0.39, 0.29) is 4.83 Å². The molecular formula is C10H10BrClO. The maximum Gasteiger partial charge on any atom is 0.121 e. The van der Waals surface area contributed by atoms with Crippen molar-refractivity contribution in [2.75, 3.05) is 0 Å². The van der Waals surface area contributed by atoms with Crippen LogP contribution in [0.3, 0.4) is 0 Å². The lowest BCUT2D eigenvalue weighted by atomic mass is 10.1. The van der Waals surface area contributed by atoms with Crippen molar-refractivity contribution in [3.63, 3.8) is 0 Å². The van der Waals surface area contributed by atoms with Gasteiger partial charge in [0.15, 0.2) is 0 Å². The second-order valence-electron chi connectivity index (χ2n) is 2.83. The van der Waals surface area contributed by atoms with Gasteiger partial charge < -0.3 is 4.79 Å². The molecule has 0 aromatic heterocycles. The molecule has 0 heterocycles. The third-order valence-corrected chi connectivity index (χ3v) is 2.67. The minimum Gasteiger partial charge on any atom is -0.303 e. The molecule has 0 radical (unpaired) electrons. The Labute approximate surface area is 91.2 Å². The van der Waals surface area contributed by atoms with Gasteiger partial charge in [-0.3, -0.25) is 0 Å². The Morgan fingerprint density at radius 3 is 2.54 bits per heavy atom. The second-order valence-corrected chi connectivity index (χ2v) is 4.56. The van der Waals surface area contributed by atoms with Crippen LogP contribution < -0.4 is 0 Å². The number of hydrogen-bond acceptors (Lipinski definition) is 1. The Morgan fingerprint density at radius 2 is 2.00 bits per heavy atom. The summed E-state index contributed by atoms with van der Waals surface area (Å²) in [6.07, 6.45) is 2.33. The number of benzene rings is 1. The molecule has 0 spiro atoms. The zero-order chi connectivity index (χ0) is 9.68. The zero-order valence-corrected chi connectivity index (χ0v) is 9.38. The average Bonchev–Trinajstić information content (AvgIpc) is 2.09. The minimum absolute atomic E-state index is 0.228. The molecule has 1 unspecified atom stereocenters. The first-order valence-corrected chi connectivity index (χ1v) is 5.34. The van der Waals surface area contributed by atoms with Gasteiger partial charge in [0.25, 0.3) is 0 Å². The van der Waals surface area contributed by atoms with Crippen LogP contribution in [0.1, 0.15) is 12.0 Å². The van der Waals surface area contributed by atoms with Gasteiger partial charge in [0.1, 0.15) is 6.29 Å². The van der Waals surface area contributed by atoms with Crippen molar-refractivity contribution in [1.29, 1.82) is 0 Å². The van der Waals surface area contributed by atoms with Gasteiger partial charge in [-0.25, -0.2) is 0 Å². The second kappa shape index (κ2) is 5.40. The van der Waals surface area contributed by atoms with Crippen LogP contribution in [0, 0.1) is 0 Å². The first-order chi connectivity index (χ1) is 6.22. The summed E-state index contributed by atoms with van der Waals surface area (Å²) in [5.41, 5.74) is 1.19. The van der Waals surface area contributed by atoms with E-state index in [1.165, 1.54) is 5.56 Å². The van der Waals surface area contributed by atoms with E-state index in [0.717, 1.165) is 17.7 Å². The molecule has 0 fully saturated rings. The van der Waals surface area contributed by atoms with Gasteiger partial charge in [0, 0.05) is 16.3 Å². The van der Waals surface area contributed by atoms with E-state index in [4.69, 9.17) is 11.6 Å². The number of hydrogen-bond donors (Lipinski definition) is 0. The molecule has 13 heavy (non-hydrogen) atoms. The van der Waals surface area contributed by atoms with Crippen molar-refractivity contribution in [3.8, 4) is 0 Å². The molecule has 1 atom stereocenters. The van der Waals surface area contributed by atoms with Crippen LogP contribution in [-0.4, -0.2) is 11.1 Å². The first-order valence-electron chi connectivity index (χ1n) is 4.04. The highest BCUT2D eigenvalue weighted by atomic mass is 79.9. The number of carbonyl (C=O) groups excluding carboxylic acids is 1. The number of halogens is 2. The Morgan fingerprint density at radius 1 is 1.38 bits per heavy atom. The Hall–Kier alpha value is -0.340. The molecule has 1 nitrogen and oxygen atoms in total. The fourth-order valence-electron chi connectivity index (χ4n) is 1.06. The maximum absolute atomic E-state index is 10.2. The summed E-state index contributed by atoms with van der Waals surface area (Å²) in [5.74, 6) is 0. The summed E-state index contributed by atoms with van der Waals surface area (Å²) in [6, 6.07) is 7.66. The zero-order valence-electron chi connectivity index (χ0n) is 7.04. The molecule has 1 rings (SSSR count). The normalized spacial score (nSPS) is 12.5. The highest BCUT2D eigenvalue weighted by molar-refractivity contribution is 9.09. The van der Waals surface area contributed by atoms with E-state index in [1.54, 1.807) is 0 Å². The van der Waals surface area contributed by atoms with Crippen molar-refractivity contribution in [3.05, 3.63) is 34.9 Å². The smallest absolute Gasteiger partial charge is 0.121 e. The minimum atomic E-state index is 0.228. The molecule has 0 bridgehead atoms. The molecule has 0 N–H and O–H groups in total. The maximum atomic E-state index is 10.2. The summed E-state index contributed by atoms with van der Waals surface area (Å²) >= 11 is 9.17. The Bertz CT molecular complexity index is 271. The van der Waals surface area contributed by atoms with E-state index in [2.05, 4.69) is 15.9 Å². The lowest BCUT2D eigenvalue weighted by molar-refractivity contribution is -0.107. The molecule has 0 aliphatic rings. The van der Waals surface area contributed by atoms with E-state index in [9.17, 15) is 4.79 Å². The van der Waals surface area contributed by atoms with Crippen LogP contribution in [0.2, 0.25) is 5.02 Å². The number of rotatable bonds is 4. The largest absolute Gasteiger partial charge is 0.303 e. The predicted molar refractivity (Wildman–Crippen MR) is 58.6 cm³/mol. The molecule has 0 aliphatic heterocycles. The molecule has 1 aromatic rings. The van der Waals surface area contributed by atoms with Crippen LogP contribution in [0.4, 0.5) is 0 Å². The topological polar surface area (TPSA) is 17.1 Å². The lowest BCUT2D eigenvalue weighted by Gasteiger charge is -2.05. The van der Waals surface area contributed by atoms with Crippen LogP contribution in [-0.2, 0) is 11.2 Å². The van der Waals surface area contributed by atoms with Crippen LogP contribution >= 0.6 is 27.5 Å². The van der Waals surface area contributed by atoms with Crippen LogP contribution in [0.5, 0.6) is 0 Å². The Kier molecular flexibility index (Phi) is 4.46. The third-order valence-electron chi connectivity index (χ3n) is 1.72. The summed E-state index contributed by atoms with van der Waals surface area (Å²) in [6.45, 7) is 0. The molecule has 70 valence electrons. The van der Waals surface area contributed by atoms with E-state index in [1.807, 2.05) is 24.3 Å². The third kappa shape index (κ3) is 3.92. The monoisotopic (exact) mass is 260 g/mol. The summed E-state index contributed by atoms with van der Waals surface area (Å²) < 4.78 is 0. The quantitative estimate of drug-likeness (QED) is 0.601. The SMILES string of the molecule is O=CCC(Br)Cc1ccc(Cl)cc1. The molecule has 0 amide bonds. The number of aldehydes is 1. The Balaban J connectivity index is 2.53. The van der Waals surface area contributed by atoms with Crippen molar-refractivity contribution >= 4 is 33.8 Å².